The number of halogens is 1. The van der Waals surface area contributed by atoms with E-state index < -0.39 is 12.1 Å². The number of aromatic hydroxyl groups is 2. The van der Waals surface area contributed by atoms with Crippen molar-refractivity contribution >= 4 is 28.1 Å². The molecule has 0 fully saturated rings. The number of benzene rings is 3. The van der Waals surface area contributed by atoms with Crippen LogP contribution in [0, 0.1) is 0 Å². The Labute approximate surface area is 175 Å². The monoisotopic (exact) mass is 456 g/mol. The number of phenolic OH excluding ortho intramolecular Hbond substituents is 2. The first-order chi connectivity index (χ1) is 13.9. The predicted molar refractivity (Wildman–Crippen MR) is 109 cm³/mol. The summed E-state index contributed by atoms with van der Waals surface area (Å²) in [7, 11) is 0. The van der Waals surface area contributed by atoms with Crippen molar-refractivity contribution < 1.29 is 29.3 Å². The van der Waals surface area contributed by atoms with E-state index in [0.29, 0.717) is 11.1 Å². The summed E-state index contributed by atoms with van der Waals surface area (Å²) in [5, 5.41) is 20.3. The lowest BCUT2D eigenvalue weighted by atomic mass is 10.0. The molecule has 0 atom stereocenters. The van der Waals surface area contributed by atoms with Crippen molar-refractivity contribution in [2.45, 2.75) is 13.0 Å². The molecule has 0 spiro atoms. The maximum absolute atomic E-state index is 12.3. The van der Waals surface area contributed by atoms with Crippen LogP contribution in [0.1, 0.15) is 27.0 Å². The van der Waals surface area contributed by atoms with Crippen LogP contribution in [0.2, 0.25) is 0 Å². The molecule has 2 N–H and O–H groups in total. The third-order valence-electron chi connectivity index (χ3n) is 4.08. The first-order valence-corrected chi connectivity index (χ1v) is 9.44. The summed E-state index contributed by atoms with van der Waals surface area (Å²) in [6.45, 7) is -0.0787. The molecule has 6 nitrogen and oxygen atoms in total. The van der Waals surface area contributed by atoms with Gasteiger partial charge in [0, 0.05) is 16.5 Å². The number of carbonyl (C=O) groups is 2. The lowest BCUT2D eigenvalue weighted by Crippen LogP contribution is -2.14. The quantitative estimate of drug-likeness (QED) is 0.320. The number of ether oxygens (including phenoxy) is 2. The third-order valence-corrected chi connectivity index (χ3v) is 4.61. The van der Waals surface area contributed by atoms with E-state index >= 15 is 0 Å². The number of phenols is 2. The van der Waals surface area contributed by atoms with Gasteiger partial charge in [-0.2, -0.15) is 0 Å². The summed E-state index contributed by atoms with van der Waals surface area (Å²) in [5.41, 5.74) is 1.59. The fraction of sp³-hybridized carbons (Fsp3) is 0.0909. The molecular formula is C22H17BrO6. The zero-order valence-corrected chi connectivity index (χ0v) is 16.8. The Hall–Kier alpha value is -3.32. The predicted octanol–water partition coefficient (Wildman–Crippen LogP) is 4.94. The van der Waals surface area contributed by atoms with Crippen LogP contribution >= 0.6 is 15.9 Å². The molecule has 3 rings (SSSR count). The van der Waals surface area contributed by atoms with Gasteiger partial charge in [0.05, 0.1) is 0 Å². The van der Waals surface area contributed by atoms with Gasteiger partial charge >= 0.3 is 12.1 Å². The Bertz CT molecular complexity index is 1020. The van der Waals surface area contributed by atoms with Crippen LogP contribution in [-0.4, -0.2) is 22.3 Å². The highest BCUT2D eigenvalue weighted by Gasteiger charge is 2.21. The number of esters is 1. The minimum absolute atomic E-state index is 0.0787. The average molecular weight is 457 g/mol. The van der Waals surface area contributed by atoms with E-state index in [0.717, 1.165) is 16.1 Å². The van der Waals surface area contributed by atoms with Gasteiger partial charge in [-0.1, -0.05) is 58.4 Å². The molecule has 0 bridgehead atoms. The van der Waals surface area contributed by atoms with Crippen molar-refractivity contribution in [2.24, 2.45) is 0 Å². The molecule has 0 aliphatic carbocycles. The summed E-state index contributed by atoms with van der Waals surface area (Å²) < 4.78 is 10.4. The smallest absolute Gasteiger partial charge is 0.508 e. The summed E-state index contributed by atoms with van der Waals surface area (Å²) >= 11 is 3.30. The lowest BCUT2D eigenvalue weighted by molar-refractivity contribution is 0.0358. The summed E-state index contributed by atoms with van der Waals surface area (Å²) in [6, 6.07) is 18.7. The molecule has 0 aromatic heterocycles. The molecule has 7 heteroatoms. The zero-order chi connectivity index (χ0) is 20.8. The van der Waals surface area contributed by atoms with Crippen molar-refractivity contribution in [2.75, 3.05) is 0 Å². The van der Waals surface area contributed by atoms with Crippen molar-refractivity contribution in [1.82, 2.24) is 0 Å². The molecule has 0 heterocycles. The van der Waals surface area contributed by atoms with E-state index in [4.69, 9.17) is 4.74 Å². The number of rotatable bonds is 5. The van der Waals surface area contributed by atoms with Crippen LogP contribution in [-0.2, 0) is 22.5 Å². The van der Waals surface area contributed by atoms with E-state index in [-0.39, 0.29) is 30.1 Å². The zero-order valence-electron chi connectivity index (χ0n) is 15.2. The maximum Gasteiger partial charge on any atom is 0.516 e. The van der Waals surface area contributed by atoms with Crippen LogP contribution in [0.4, 0.5) is 4.79 Å². The Kier molecular flexibility index (Phi) is 6.51. The molecule has 0 unspecified atom stereocenters. The van der Waals surface area contributed by atoms with E-state index in [1.807, 2.05) is 30.3 Å². The highest BCUT2D eigenvalue weighted by atomic mass is 79.9. The van der Waals surface area contributed by atoms with Gasteiger partial charge in [0.1, 0.15) is 23.7 Å². The molecule has 148 valence electrons. The SMILES string of the molecule is O=C(OCc1ccc(Br)cc1)OC(=O)c1cc(O)cc(Cc2ccccc2)c1O. The molecule has 3 aromatic carbocycles. The molecule has 0 aliphatic rings. The molecule has 0 saturated carbocycles. The van der Waals surface area contributed by atoms with Gasteiger partial charge in [0.25, 0.3) is 0 Å². The molecule has 0 saturated heterocycles. The van der Waals surface area contributed by atoms with Crippen molar-refractivity contribution in [3.8, 4) is 11.5 Å². The van der Waals surface area contributed by atoms with Crippen LogP contribution in [0.25, 0.3) is 0 Å². The molecule has 29 heavy (non-hydrogen) atoms. The second-order valence-electron chi connectivity index (χ2n) is 6.22. The van der Waals surface area contributed by atoms with Gasteiger partial charge in [-0.25, -0.2) is 9.59 Å². The van der Waals surface area contributed by atoms with Crippen molar-refractivity contribution in [3.63, 3.8) is 0 Å². The average Bonchev–Trinajstić information content (AvgIpc) is 2.70. The van der Waals surface area contributed by atoms with Crippen LogP contribution < -0.4 is 0 Å². The summed E-state index contributed by atoms with van der Waals surface area (Å²) in [5.74, 6) is -1.71. The third kappa shape index (κ3) is 5.58. The fourth-order valence-electron chi connectivity index (χ4n) is 2.67. The van der Waals surface area contributed by atoms with Gasteiger partial charge < -0.3 is 19.7 Å². The van der Waals surface area contributed by atoms with E-state index in [1.54, 1.807) is 24.3 Å². The summed E-state index contributed by atoms with van der Waals surface area (Å²) in [6.07, 6.45) is -0.916. The first kappa shape index (κ1) is 20.4. The minimum atomic E-state index is -1.20. The second-order valence-corrected chi connectivity index (χ2v) is 7.13. The minimum Gasteiger partial charge on any atom is -0.508 e. The van der Waals surface area contributed by atoms with E-state index in [9.17, 15) is 19.8 Å². The normalized spacial score (nSPS) is 10.4. The van der Waals surface area contributed by atoms with Crippen LogP contribution in [0.3, 0.4) is 0 Å². The highest BCUT2D eigenvalue weighted by Crippen LogP contribution is 2.30. The molecule has 3 aromatic rings. The Morgan fingerprint density at radius 3 is 2.28 bits per heavy atom. The van der Waals surface area contributed by atoms with E-state index in [2.05, 4.69) is 20.7 Å². The molecule has 0 amide bonds. The Morgan fingerprint density at radius 2 is 1.59 bits per heavy atom. The standard InChI is InChI=1S/C22H17BrO6/c23-17-8-6-15(7-9-17)13-28-22(27)29-21(26)19-12-18(24)11-16(20(19)25)10-14-4-2-1-3-5-14/h1-9,11-12,24-25H,10,13H2. The van der Waals surface area contributed by atoms with E-state index in [1.165, 1.54) is 6.07 Å². The molecule has 0 radical (unpaired) electrons. The maximum atomic E-state index is 12.3. The van der Waals surface area contributed by atoms with Crippen LogP contribution in [0.5, 0.6) is 11.5 Å². The van der Waals surface area contributed by atoms with Crippen molar-refractivity contribution in [1.29, 1.82) is 0 Å². The number of carbonyl (C=O) groups excluding carboxylic acids is 2. The highest BCUT2D eigenvalue weighted by molar-refractivity contribution is 9.10. The fourth-order valence-corrected chi connectivity index (χ4v) is 2.93. The van der Waals surface area contributed by atoms with Gasteiger partial charge in [-0.05, 0) is 35.4 Å². The lowest BCUT2D eigenvalue weighted by Gasteiger charge is -2.11. The number of hydrogen-bond acceptors (Lipinski definition) is 6. The number of hydrogen-bond donors (Lipinski definition) is 2. The largest absolute Gasteiger partial charge is 0.516 e. The molecular weight excluding hydrogens is 440 g/mol. The van der Waals surface area contributed by atoms with Gasteiger partial charge in [-0.15, -0.1) is 0 Å². The van der Waals surface area contributed by atoms with Crippen LogP contribution in [0.15, 0.2) is 71.2 Å². The molecule has 0 aliphatic heterocycles. The van der Waals surface area contributed by atoms with Gasteiger partial charge in [0.15, 0.2) is 0 Å². The first-order valence-electron chi connectivity index (χ1n) is 8.64. The van der Waals surface area contributed by atoms with Gasteiger partial charge in [0.2, 0.25) is 0 Å². The second kappa shape index (κ2) is 9.25. The topological polar surface area (TPSA) is 93.1 Å². The van der Waals surface area contributed by atoms with Crippen molar-refractivity contribution in [3.05, 3.63) is 93.5 Å². The Balaban J connectivity index is 1.68. The van der Waals surface area contributed by atoms with Gasteiger partial charge in [-0.3, -0.25) is 0 Å². The summed E-state index contributed by atoms with van der Waals surface area (Å²) in [4.78, 5) is 24.1. The Morgan fingerprint density at radius 1 is 0.897 bits per heavy atom.